The Hall–Kier alpha value is -2.25. The first-order chi connectivity index (χ1) is 11.6. The number of para-hydroxylation sites is 1. The smallest absolute Gasteiger partial charge is 0.234 e. The van der Waals surface area contributed by atoms with Crippen LogP contribution in [0.15, 0.2) is 35.7 Å². The zero-order valence-electron chi connectivity index (χ0n) is 13.3. The van der Waals surface area contributed by atoms with Gasteiger partial charge in [-0.3, -0.25) is 14.5 Å². The number of nitrogens with zero attached hydrogens (tertiary/aromatic N) is 2. The van der Waals surface area contributed by atoms with Crippen molar-refractivity contribution in [3.63, 3.8) is 0 Å². The molecule has 3 N–H and O–H groups in total. The SMILES string of the molecule is NC(=O)[C@@H]1CCCN1Cc1csc(CC(=O)Nc2ccccc2)n1. The topological polar surface area (TPSA) is 88.3 Å². The first kappa shape index (κ1) is 16.6. The number of amides is 2. The maximum atomic E-state index is 12.1. The predicted molar refractivity (Wildman–Crippen MR) is 93.5 cm³/mol. The molecular formula is C17H20N4O2S. The van der Waals surface area contributed by atoms with Crippen LogP contribution in [0.25, 0.3) is 0 Å². The number of carbonyl (C=O) groups excluding carboxylic acids is 2. The van der Waals surface area contributed by atoms with Gasteiger partial charge in [-0.2, -0.15) is 0 Å². The summed E-state index contributed by atoms with van der Waals surface area (Å²) in [4.78, 5) is 30.1. The summed E-state index contributed by atoms with van der Waals surface area (Å²) in [6, 6.07) is 9.16. The highest BCUT2D eigenvalue weighted by Gasteiger charge is 2.29. The first-order valence-corrected chi connectivity index (χ1v) is 8.81. The fourth-order valence-corrected chi connectivity index (χ4v) is 3.70. The predicted octanol–water partition coefficient (Wildman–Crippen LogP) is 1.77. The molecule has 1 aliphatic rings. The second kappa shape index (κ2) is 7.55. The van der Waals surface area contributed by atoms with Crippen LogP contribution < -0.4 is 11.1 Å². The highest BCUT2D eigenvalue weighted by atomic mass is 32.1. The van der Waals surface area contributed by atoms with Gasteiger partial charge in [0.2, 0.25) is 11.8 Å². The van der Waals surface area contributed by atoms with E-state index in [1.54, 1.807) is 0 Å². The molecule has 126 valence electrons. The van der Waals surface area contributed by atoms with Gasteiger partial charge in [0.15, 0.2) is 0 Å². The van der Waals surface area contributed by atoms with Gasteiger partial charge in [-0.1, -0.05) is 18.2 Å². The molecule has 1 aliphatic heterocycles. The lowest BCUT2D eigenvalue weighted by Gasteiger charge is -2.20. The molecule has 2 amide bonds. The Labute approximate surface area is 144 Å². The van der Waals surface area contributed by atoms with Crippen molar-refractivity contribution in [3.8, 4) is 0 Å². The molecule has 1 saturated heterocycles. The second-order valence-corrected chi connectivity index (χ2v) is 6.80. The largest absolute Gasteiger partial charge is 0.368 e. The number of hydrogen-bond acceptors (Lipinski definition) is 5. The first-order valence-electron chi connectivity index (χ1n) is 7.93. The van der Waals surface area contributed by atoms with Gasteiger partial charge in [0.1, 0.15) is 5.01 Å². The van der Waals surface area contributed by atoms with E-state index in [4.69, 9.17) is 5.73 Å². The summed E-state index contributed by atoms with van der Waals surface area (Å²) < 4.78 is 0. The van der Waals surface area contributed by atoms with Crippen LogP contribution >= 0.6 is 11.3 Å². The molecule has 2 heterocycles. The highest BCUT2D eigenvalue weighted by molar-refractivity contribution is 7.09. The number of carbonyl (C=O) groups is 2. The molecule has 1 fully saturated rings. The molecule has 0 radical (unpaired) electrons. The molecule has 0 saturated carbocycles. The quantitative estimate of drug-likeness (QED) is 0.836. The van der Waals surface area contributed by atoms with Gasteiger partial charge in [0.25, 0.3) is 0 Å². The molecule has 2 aromatic rings. The second-order valence-electron chi connectivity index (χ2n) is 5.85. The molecule has 0 bridgehead atoms. The van der Waals surface area contributed by atoms with Gasteiger partial charge in [0, 0.05) is 17.6 Å². The van der Waals surface area contributed by atoms with Crippen LogP contribution in [0.1, 0.15) is 23.5 Å². The molecule has 0 unspecified atom stereocenters. The fraction of sp³-hybridized carbons (Fsp3) is 0.353. The van der Waals surface area contributed by atoms with E-state index in [0.29, 0.717) is 6.54 Å². The standard InChI is InChI=1S/C17H20N4O2S/c18-17(23)14-7-4-8-21(14)10-13-11-24-16(20-13)9-15(22)19-12-5-2-1-3-6-12/h1-3,5-6,11,14H,4,7-10H2,(H2,18,23)(H,19,22)/t14-/m0/s1. The number of rotatable bonds is 6. The Morgan fingerprint density at radius 2 is 2.12 bits per heavy atom. The summed E-state index contributed by atoms with van der Waals surface area (Å²) in [7, 11) is 0. The van der Waals surface area contributed by atoms with E-state index in [-0.39, 0.29) is 24.3 Å². The number of likely N-dealkylation sites (tertiary alicyclic amines) is 1. The van der Waals surface area contributed by atoms with Crippen molar-refractivity contribution >= 4 is 28.8 Å². The Morgan fingerprint density at radius 1 is 1.33 bits per heavy atom. The van der Waals surface area contributed by atoms with E-state index >= 15 is 0 Å². The van der Waals surface area contributed by atoms with E-state index in [0.717, 1.165) is 35.8 Å². The zero-order chi connectivity index (χ0) is 16.9. The molecule has 0 spiro atoms. The molecule has 1 aromatic carbocycles. The maximum Gasteiger partial charge on any atom is 0.234 e. The zero-order valence-corrected chi connectivity index (χ0v) is 14.1. The number of anilines is 1. The van der Waals surface area contributed by atoms with Crippen LogP contribution in [0, 0.1) is 0 Å². The van der Waals surface area contributed by atoms with Gasteiger partial charge < -0.3 is 11.1 Å². The number of nitrogens with one attached hydrogen (secondary N) is 1. The third-order valence-corrected chi connectivity index (χ3v) is 4.92. The van der Waals surface area contributed by atoms with Crippen molar-refractivity contribution < 1.29 is 9.59 Å². The average Bonchev–Trinajstić information content (AvgIpc) is 3.18. The molecule has 24 heavy (non-hydrogen) atoms. The van der Waals surface area contributed by atoms with Crippen molar-refractivity contribution in [2.24, 2.45) is 5.73 Å². The van der Waals surface area contributed by atoms with Crippen molar-refractivity contribution in [1.29, 1.82) is 0 Å². The number of benzene rings is 1. The van der Waals surface area contributed by atoms with Crippen LogP contribution in [0.3, 0.4) is 0 Å². The molecule has 7 heteroatoms. The van der Waals surface area contributed by atoms with Gasteiger partial charge in [-0.05, 0) is 31.5 Å². The number of nitrogens with two attached hydrogens (primary N) is 1. The minimum Gasteiger partial charge on any atom is -0.368 e. The molecule has 1 atom stereocenters. The summed E-state index contributed by atoms with van der Waals surface area (Å²) in [5.74, 6) is -0.358. The highest BCUT2D eigenvalue weighted by Crippen LogP contribution is 2.21. The van der Waals surface area contributed by atoms with Crippen molar-refractivity contribution in [3.05, 3.63) is 46.4 Å². The monoisotopic (exact) mass is 344 g/mol. The molecular weight excluding hydrogens is 324 g/mol. The number of thiazole rings is 1. The van der Waals surface area contributed by atoms with E-state index in [1.165, 1.54) is 11.3 Å². The lowest BCUT2D eigenvalue weighted by Crippen LogP contribution is -2.39. The van der Waals surface area contributed by atoms with Crippen molar-refractivity contribution in [2.45, 2.75) is 31.8 Å². The lowest BCUT2D eigenvalue weighted by atomic mass is 10.2. The number of primary amides is 1. The third-order valence-electron chi connectivity index (χ3n) is 4.03. The van der Waals surface area contributed by atoms with Crippen LogP contribution in [0.5, 0.6) is 0 Å². The van der Waals surface area contributed by atoms with Crippen LogP contribution in [0.4, 0.5) is 5.69 Å². The molecule has 6 nitrogen and oxygen atoms in total. The number of hydrogen-bond donors (Lipinski definition) is 2. The Balaban J connectivity index is 1.55. The van der Waals surface area contributed by atoms with Gasteiger partial charge >= 0.3 is 0 Å². The Bertz CT molecular complexity index is 716. The summed E-state index contributed by atoms with van der Waals surface area (Å²) in [6.07, 6.45) is 2.04. The van der Waals surface area contributed by atoms with E-state index in [1.807, 2.05) is 35.7 Å². The van der Waals surface area contributed by atoms with Crippen molar-refractivity contribution in [1.82, 2.24) is 9.88 Å². The molecule has 1 aromatic heterocycles. The summed E-state index contributed by atoms with van der Waals surface area (Å²) in [6.45, 7) is 1.46. The normalized spacial score (nSPS) is 17.8. The van der Waals surface area contributed by atoms with E-state index in [9.17, 15) is 9.59 Å². The average molecular weight is 344 g/mol. The van der Waals surface area contributed by atoms with Gasteiger partial charge in [-0.15, -0.1) is 11.3 Å². The molecule has 0 aliphatic carbocycles. The van der Waals surface area contributed by atoms with E-state index in [2.05, 4.69) is 15.2 Å². The number of aromatic nitrogens is 1. The van der Waals surface area contributed by atoms with Crippen LogP contribution in [-0.4, -0.2) is 34.3 Å². The van der Waals surface area contributed by atoms with Gasteiger partial charge in [0.05, 0.1) is 18.2 Å². The van der Waals surface area contributed by atoms with Crippen molar-refractivity contribution in [2.75, 3.05) is 11.9 Å². The summed E-state index contributed by atoms with van der Waals surface area (Å²) in [5, 5.41) is 5.57. The Morgan fingerprint density at radius 3 is 2.88 bits per heavy atom. The molecule has 3 rings (SSSR count). The van der Waals surface area contributed by atoms with Gasteiger partial charge in [-0.25, -0.2) is 4.98 Å². The minimum absolute atomic E-state index is 0.0849. The fourth-order valence-electron chi connectivity index (χ4n) is 2.91. The van der Waals surface area contributed by atoms with E-state index < -0.39 is 0 Å². The summed E-state index contributed by atoms with van der Waals surface area (Å²) >= 11 is 1.47. The van der Waals surface area contributed by atoms with Crippen LogP contribution in [0.2, 0.25) is 0 Å². The third kappa shape index (κ3) is 4.18. The van der Waals surface area contributed by atoms with Crippen LogP contribution in [-0.2, 0) is 22.6 Å². The Kier molecular flexibility index (Phi) is 5.22. The maximum absolute atomic E-state index is 12.1. The summed E-state index contributed by atoms with van der Waals surface area (Å²) in [5.41, 5.74) is 7.10. The lowest BCUT2D eigenvalue weighted by molar-refractivity contribution is -0.122. The minimum atomic E-state index is -0.273.